The van der Waals surface area contributed by atoms with Gasteiger partial charge < -0.3 is 10.6 Å². The number of carbonyl (C=O) groups excluding carboxylic acids is 2. The standard InChI is InChI=1S/C17H19N3O4S/c1-11(13-6-8-16(9-7-13)25(18,23)24)19-17(22)14-4-3-5-15(10-14)20-12(2)21/h3-11H,1-2H3,(H,19,22)(H,20,21)(H2,18,23,24)/t11-/m1/s1. The molecule has 25 heavy (non-hydrogen) atoms. The molecule has 7 nitrogen and oxygen atoms in total. The first-order valence-electron chi connectivity index (χ1n) is 7.48. The van der Waals surface area contributed by atoms with E-state index >= 15 is 0 Å². The summed E-state index contributed by atoms with van der Waals surface area (Å²) in [6.45, 7) is 3.17. The van der Waals surface area contributed by atoms with E-state index in [-0.39, 0.29) is 22.8 Å². The van der Waals surface area contributed by atoms with Crippen molar-refractivity contribution >= 4 is 27.5 Å². The van der Waals surface area contributed by atoms with Crippen LogP contribution in [0.5, 0.6) is 0 Å². The number of nitrogens with one attached hydrogen (secondary N) is 2. The number of hydrogen-bond donors (Lipinski definition) is 3. The number of amides is 2. The third-order valence-electron chi connectivity index (χ3n) is 3.50. The molecule has 2 rings (SSSR count). The third-order valence-corrected chi connectivity index (χ3v) is 4.43. The number of sulfonamides is 1. The molecule has 0 bridgehead atoms. The predicted octanol–water partition coefficient (Wildman–Crippen LogP) is 1.78. The van der Waals surface area contributed by atoms with Gasteiger partial charge >= 0.3 is 0 Å². The first-order chi connectivity index (χ1) is 11.7. The zero-order chi connectivity index (χ0) is 18.6. The maximum absolute atomic E-state index is 12.4. The molecule has 0 spiro atoms. The molecule has 8 heteroatoms. The van der Waals surface area contributed by atoms with Gasteiger partial charge in [0.1, 0.15) is 0 Å². The van der Waals surface area contributed by atoms with E-state index in [9.17, 15) is 18.0 Å². The minimum Gasteiger partial charge on any atom is -0.346 e. The quantitative estimate of drug-likeness (QED) is 0.752. The molecule has 1 atom stereocenters. The molecular formula is C17H19N3O4S. The van der Waals surface area contributed by atoms with Gasteiger partial charge in [-0.1, -0.05) is 18.2 Å². The van der Waals surface area contributed by atoms with Crippen LogP contribution < -0.4 is 15.8 Å². The Hall–Kier alpha value is -2.71. The zero-order valence-electron chi connectivity index (χ0n) is 13.8. The fourth-order valence-electron chi connectivity index (χ4n) is 2.25. The molecule has 0 unspecified atom stereocenters. The van der Waals surface area contributed by atoms with Crippen molar-refractivity contribution in [2.45, 2.75) is 24.8 Å². The summed E-state index contributed by atoms with van der Waals surface area (Å²) in [4.78, 5) is 23.5. The highest BCUT2D eigenvalue weighted by Crippen LogP contribution is 2.17. The average molecular weight is 361 g/mol. The highest BCUT2D eigenvalue weighted by atomic mass is 32.2. The van der Waals surface area contributed by atoms with Gasteiger partial charge in [0.15, 0.2) is 0 Å². The van der Waals surface area contributed by atoms with Crippen molar-refractivity contribution in [2.24, 2.45) is 5.14 Å². The highest BCUT2D eigenvalue weighted by Gasteiger charge is 2.13. The first-order valence-corrected chi connectivity index (χ1v) is 9.03. The molecule has 0 aliphatic heterocycles. The van der Waals surface area contributed by atoms with Crippen LogP contribution in [0.3, 0.4) is 0 Å². The summed E-state index contributed by atoms with van der Waals surface area (Å²) in [7, 11) is -3.75. The van der Waals surface area contributed by atoms with E-state index in [0.717, 1.165) is 5.56 Å². The van der Waals surface area contributed by atoms with Crippen molar-refractivity contribution in [1.29, 1.82) is 0 Å². The minimum absolute atomic E-state index is 0.0118. The third kappa shape index (κ3) is 5.13. The number of nitrogens with two attached hydrogens (primary N) is 1. The fourth-order valence-corrected chi connectivity index (χ4v) is 2.77. The number of carbonyl (C=O) groups is 2. The Morgan fingerprint density at radius 2 is 1.72 bits per heavy atom. The van der Waals surface area contributed by atoms with Crippen molar-refractivity contribution in [3.05, 3.63) is 59.7 Å². The van der Waals surface area contributed by atoms with Crippen LogP contribution in [0.2, 0.25) is 0 Å². The lowest BCUT2D eigenvalue weighted by atomic mass is 10.1. The van der Waals surface area contributed by atoms with Crippen molar-refractivity contribution in [3.8, 4) is 0 Å². The van der Waals surface area contributed by atoms with Crippen LogP contribution in [0.15, 0.2) is 53.4 Å². The minimum atomic E-state index is -3.75. The summed E-state index contributed by atoms with van der Waals surface area (Å²) in [5.74, 6) is -0.531. The second-order valence-electron chi connectivity index (χ2n) is 5.57. The Morgan fingerprint density at radius 3 is 2.28 bits per heavy atom. The van der Waals surface area contributed by atoms with Gasteiger partial charge in [-0.15, -0.1) is 0 Å². The topological polar surface area (TPSA) is 118 Å². The molecule has 0 radical (unpaired) electrons. The molecule has 0 saturated carbocycles. The van der Waals surface area contributed by atoms with E-state index in [0.29, 0.717) is 11.3 Å². The van der Waals surface area contributed by atoms with Gasteiger partial charge in [-0.25, -0.2) is 13.6 Å². The van der Waals surface area contributed by atoms with Crippen LogP contribution >= 0.6 is 0 Å². The van der Waals surface area contributed by atoms with Crippen LogP contribution in [0.25, 0.3) is 0 Å². The fraction of sp³-hybridized carbons (Fsp3) is 0.176. The second-order valence-corrected chi connectivity index (χ2v) is 7.13. The van der Waals surface area contributed by atoms with Crippen molar-refractivity contribution in [2.75, 3.05) is 5.32 Å². The number of hydrogen-bond acceptors (Lipinski definition) is 4. The molecule has 2 aromatic rings. The molecule has 2 amide bonds. The molecule has 0 saturated heterocycles. The van der Waals surface area contributed by atoms with Gasteiger partial charge in [0.05, 0.1) is 10.9 Å². The lowest BCUT2D eigenvalue weighted by molar-refractivity contribution is -0.114. The summed E-state index contributed by atoms with van der Waals surface area (Å²) < 4.78 is 22.5. The Bertz CT molecular complexity index is 892. The van der Waals surface area contributed by atoms with E-state index in [1.807, 2.05) is 0 Å². The van der Waals surface area contributed by atoms with Crippen molar-refractivity contribution < 1.29 is 18.0 Å². The van der Waals surface area contributed by atoms with E-state index in [4.69, 9.17) is 5.14 Å². The lowest BCUT2D eigenvalue weighted by Crippen LogP contribution is -2.26. The molecule has 0 fully saturated rings. The molecular weight excluding hydrogens is 342 g/mol. The van der Waals surface area contributed by atoms with E-state index < -0.39 is 10.0 Å². The highest BCUT2D eigenvalue weighted by molar-refractivity contribution is 7.89. The number of anilines is 1. The van der Waals surface area contributed by atoms with E-state index in [1.54, 1.807) is 43.3 Å². The van der Waals surface area contributed by atoms with E-state index in [2.05, 4.69) is 10.6 Å². The average Bonchev–Trinajstić information content (AvgIpc) is 2.53. The van der Waals surface area contributed by atoms with Gasteiger partial charge in [-0.2, -0.15) is 0 Å². The maximum atomic E-state index is 12.4. The second kappa shape index (κ2) is 7.45. The summed E-state index contributed by atoms with van der Waals surface area (Å²) in [6, 6.07) is 12.2. The lowest BCUT2D eigenvalue weighted by Gasteiger charge is -2.15. The molecule has 132 valence electrons. The number of rotatable bonds is 5. The molecule has 2 aromatic carbocycles. The normalized spacial score (nSPS) is 12.3. The van der Waals surface area contributed by atoms with E-state index in [1.165, 1.54) is 19.1 Å². The maximum Gasteiger partial charge on any atom is 0.251 e. The van der Waals surface area contributed by atoms with Gasteiger partial charge in [0, 0.05) is 18.2 Å². The molecule has 0 heterocycles. The molecule has 0 aromatic heterocycles. The van der Waals surface area contributed by atoms with Crippen molar-refractivity contribution in [1.82, 2.24) is 5.32 Å². The van der Waals surface area contributed by atoms with Crippen LogP contribution in [-0.4, -0.2) is 20.2 Å². The summed E-state index contributed by atoms with van der Waals surface area (Å²) in [5, 5.41) is 10.5. The monoisotopic (exact) mass is 361 g/mol. The smallest absolute Gasteiger partial charge is 0.251 e. The summed E-state index contributed by atoms with van der Waals surface area (Å²) in [6.07, 6.45) is 0. The van der Waals surface area contributed by atoms with Crippen LogP contribution in [-0.2, 0) is 14.8 Å². The van der Waals surface area contributed by atoms with Crippen molar-refractivity contribution in [3.63, 3.8) is 0 Å². The SMILES string of the molecule is CC(=O)Nc1cccc(C(=O)N[C@H](C)c2ccc(S(N)(=O)=O)cc2)c1. The Kier molecular flexibility index (Phi) is 5.55. The Balaban J connectivity index is 2.11. The van der Waals surface area contributed by atoms with Gasteiger partial charge in [0.2, 0.25) is 15.9 Å². The van der Waals surface area contributed by atoms with Crippen LogP contribution in [0, 0.1) is 0 Å². The first kappa shape index (κ1) is 18.6. The Labute approximate surface area is 146 Å². The van der Waals surface area contributed by atoms with Gasteiger partial charge in [-0.05, 0) is 42.8 Å². The number of primary sulfonamides is 1. The zero-order valence-corrected chi connectivity index (χ0v) is 14.6. The summed E-state index contributed by atoms with van der Waals surface area (Å²) in [5.41, 5.74) is 1.67. The molecule has 4 N–H and O–H groups in total. The molecule has 0 aliphatic carbocycles. The molecule has 0 aliphatic rings. The Morgan fingerprint density at radius 1 is 1.08 bits per heavy atom. The summed E-state index contributed by atoms with van der Waals surface area (Å²) >= 11 is 0. The number of benzene rings is 2. The van der Waals surface area contributed by atoms with Crippen LogP contribution in [0.4, 0.5) is 5.69 Å². The predicted molar refractivity (Wildman–Crippen MR) is 94.4 cm³/mol. The van der Waals surface area contributed by atoms with Gasteiger partial charge in [-0.3, -0.25) is 9.59 Å². The van der Waals surface area contributed by atoms with Crippen LogP contribution in [0.1, 0.15) is 35.8 Å². The largest absolute Gasteiger partial charge is 0.346 e. The van der Waals surface area contributed by atoms with Gasteiger partial charge in [0.25, 0.3) is 5.91 Å².